The summed E-state index contributed by atoms with van der Waals surface area (Å²) < 4.78 is 5.32. The number of nitrogens with one attached hydrogen (secondary N) is 1. The summed E-state index contributed by atoms with van der Waals surface area (Å²) in [5.74, 6) is 0.0279. The van der Waals surface area contributed by atoms with E-state index in [0.29, 0.717) is 16.9 Å². The summed E-state index contributed by atoms with van der Waals surface area (Å²) in [5, 5.41) is 7.30. The number of benzene rings is 2. The van der Waals surface area contributed by atoms with Crippen molar-refractivity contribution in [1.82, 2.24) is 0 Å². The van der Waals surface area contributed by atoms with Gasteiger partial charge in [-0.1, -0.05) is 12.1 Å². The lowest BCUT2D eigenvalue weighted by molar-refractivity contribution is 0.0734. The first-order valence-corrected chi connectivity index (χ1v) is 6.22. The fraction of sp³-hybridized carbons (Fsp3) is 0.125. The minimum atomic E-state index is -0.387. The van der Waals surface area contributed by atoms with E-state index >= 15 is 0 Å². The van der Waals surface area contributed by atoms with Gasteiger partial charge < -0.3 is 10.5 Å². The number of amidine groups is 1. The smallest absolute Gasteiger partial charge is 0.343 e. The van der Waals surface area contributed by atoms with Gasteiger partial charge in [0.2, 0.25) is 0 Å². The first kappa shape index (κ1) is 16.7. The molecule has 0 aliphatic carbocycles. The number of ether oxygens (including phenoxy) is 1. The summed E-state index contributed by atoms with van der Waals surface area (Å²) in [4.78, 5) is 12.1. The molecule has 4 nitrogen and oxygen atoms in total. The third-order valence-electron chi connectivity index (χ3n) is 3.20. The molecule has 2 aromatic carbocycles. The van der Waals surface area contributed by atoms with Crippen LogP contribution >= 0.6 is 12.4 Å². The summed E-state index contributed by atoms with van der Waals surface area (Å²) in [6.45, 7) is 3.85. The van der Waals surface area contributed by atoms with Gasteiger partial charge in [-0.3, -0.25) is 5.41 Å². The lowest BCUT2D eigenvalue weighted by Crippen LogP contribution is -2.12. The number of carbonyl (C=O) groups is 1. The second-order valence-electron chi connectivity index (χ2n) is 4.58. The number of hydrogen-bond acceptors (Lipinski definition) is 3. The van der Waals surface area contributed by atoms with Crippen LogP contribution < -0.4 is 10.5 Å². The number of carbonyl (C=O) groups excluding carboxylic acids is 1. The quantitative estimate of drug-likeness (QED) is 0.395. The average Bonchev–Trinajstić information content (AvgIpc) is 2.42. The number of esters is 1. The lowest BCUT2D eigenvalue weighted by Gasteiger charge is -2.09. The van der Waals surface area contributed by atoms with Crippen molar-refractivity contribution in [2.75, 3.05) is 0 Å². The van der Waals surface area contributed by atoms with Crippen molar-refractivity contribution in [1.29, 1.82) is 5.41 Å². The van der Waals surface area contributed by atoms with Crippen molar-refractivity contribution in [3.63, 3.8) is 0 Å². The minimum Gasteiger partial charge on any atom is -0.423 e. The van der Waals surface area contributed by atoms with Crippen LogP contribution in [0.4, 0.5) is 0 Å². The molecule has 0 aliphatic rings. The molecule has 2 aromatic rings. The highest BCUT2D eigenvalue weighted by Gasteiger charge is 2.12. The number of aryl methyl sites for hydroxylation is 1. The van der Waals surface area contributed by atoms with Crippen LogP contribution in [0.1, 0.15) is 27.0 Å². The van der Waals surface area contributed by atoms with E-state index < -0.39 is 0 Å². The largest absolute Gasteiger partial charge is 0.423 e. The maximum absolute atomic E-state index is 12.1. The number of nitrogen functional groups attached to an aromatic ring is 1. The SMILES string of the molecule is Cc1cccc(C(=O)Oc2ccc(C(=N)N)cc2)c1C.Cl. The molecule has 0 amide bonds. The Morgan fingerprint density at radius 1 is 1.10 bits per heavy atom. The molecule has 0 unspecified atom stereocenters. The van der Waals surface area contributed by atoms with Crippen LogP contribution in [0.3, 0.4) is 0 Å². The van der Waals surface area contributed by atoms with Crippen LogP contribution in [0.5, 0.6) is 5.75 Å². The normalized spacial score (nSPS) is 9.62. The van der Waals surface area contributed by atoms with Gasteiger partial charge in [0.1, 0.15) is 11.6 Å². The van der Waals surface area contributed by atoms with Crippen LogP contribution in [-0.2, 0) is 0 Å². The average molecular weight is 305 g/mol. The van der Waals surface area contributed by atoms with Crippen molar-refractivity contribution in [2.24, 2.45) is 5.73 Å². The Hall–Kier alpha value is -2.33. The standard InChI is InChI=1S/C16H16N2O2.ClH/c1-10-4-3-5-14(11(10)2)16(19)20-13-8-6-12(7-9-13)15(17)18;/h3-9H,1-2H3,(H3,17,18);1H. The highest BCUT2D eigenvalue weighted by atomic mass is 35.5. The van der Waals surface area contributed by atoms with Crippen LogP contribution in [-0.4, -0.2) is 11.8 Å². The monoisotopic (exact) mass is 304 g/mol. The number of hydrogen-bond donors (Lipinski definition) is 2. The summed E-state index contributed by atoms with van der Waals surface area (Å²) >= 11 is 0. The van der Waals surface area contributed by atoms with E-state index in [1.54, 1.807) is 30.3 Å². The molecule has 2 rings (SSSR count). The van der Waals surface area contributed by atoms with Crippen LogP contribution in [0.25, 0.3) is 0 Å². The third-order valence-corrected chi connectivity index (χ3v) is 3.20. The molecule has 3 N–H and O–H groups in total. The molecule has 0 aromatic heterocycles. The van der Waals surface area contributed by atoms with Gasteiger partial charge in [0.05, 0.1) is 5.56 Å². The van der Waals surface area contributed by atoms with Gasteiger partial charge in [0, 0.05) is 5.56 Å². The molecule has 0 saturated carbocycles. The Bertz CT molecular complexity index is 666. The van der Waals surface area contributed by atoms with Gasteiger partial charge >= 0.3 is 5.97 Å². The summed E-state index contributed by atoms with van der Waals surface area (Å²) in [5.41, 5.74) is 8.48. The molecule has 5 heteroatoms. The van der Waals surface area contributed by atoms with Crippen LogP contribution in [0.15, 0.2) is 42.5 Å². The van der Waals surface area contributed by atoms with Gasteiger partial charge in [-0.25, -0.2) is 4.79 Å². The Labute approximate surface area is 129 Å². The predicted octanol–water partition coefficient (Wildman–Crippen LogP) is 3.23. The molecule has 0 heterocycles. The van der Waals surface area contributed by atoms with Crippen molar-refractivity contribution in [2.45, 2.75) is 13.8 Å². The Morgan fingerprint density at radius 2 is 1.71 bits per heavy atom. The zero-order valence-electron chi connectivity index (χ0n) is 11.8. The Morgan fingerprint density at radius 3 is 2.29 bits per heavy atom. The van der Waals surface area contributed by atoms with E-state index in [1.165, 1.54) is 0 Å². The van der Waals surface area contributed by atoms with E-state index in [4.69, 9.17) is 15.9 Å². The second-order valence-corrected chi connectivity index (χ2v) is 4.58. The maximum atomic E-state index is 12.1. The highest BCUT2D eigenvalue weighted by Crippen LogP contribution is 2.17. The van der Waals surface area contributed by atoms with Crippen molar-refractivity contribution < 1.29 is 9.53 Å². The number of halogens is 1. The molecule has 0 spiro atoms. The fourth-order valence-corrected chi connectivity index (χ4v) is 1.84. The summed E-state index contributed by atoms with van der Waals surface area (Å²) in [7, 11) is 0. The number of nitrogens with two attached hydrogens (primary N) is 1. The zero-order chi connectivity index (χ0) is 14.7. The molecule has 0 fully saturated rings. The van der Waals surface area contributed by atoms with Gasteiger partial charge in [0.25, 0.3) is 0 Å². The molecule has 0 saturated heterocycles. The molecule has 0 radical (unpaired) electrons. The second kappa shape index (κ2) is 6.90. The fourth-order valence-electron chi connectivity index (χ4n) is 1.84. The molecular weight excluding hydrogens is 288 g/mol. The van der Waals surface area contributed by atoms with Crippen LogP contribution in [0, 0.1) is 19.3 Å². The van der Waals surface area contributed by atoms with Crippen LogP contribution in [0.2, 0.25) is 0 Å². The van der Waals surface area contributed by atoms with E-state index in [2.05, 4.69) is 0 Å². The topological polar surface area (TPSA) is 76.2 Å². The molecule has 110 valence electrons. The van der Waals surface area contributed by atoms with Crippen molar-refractivity contribution >= 4 is 24.2 Å². The highest BCUT2D eigenvalue weighted by molar-refractivity contribution is 5.95. The van der Waals surface area contributed by atoms with E-state index in [0.717, 1.165) is 11.1 Å². The molecular formula is C16H17ClN2O2. The van der Waals surface area contributed by atoms with Crippen molar-refractivity contribution in [3.05, 3.63) is 64.7 Å². The zero-order valence-corrected chi connectivity index (χ0v) is 12.7. The first-order valence-electron chi connectivity index (χ1n) is 6.22. The third kappa shape index (κ3) is 3.83. The summed E-state index contributed by atoms with van der Waals surface area (Å²) in [6.07, 6.45) is 0. The lowest BCUT2D eigenvalue weighted by atomic mass is 10.0. The molecule has 0 bridgehead atoms. The van der Waals surface area contributed by atoms with Gasteiger partial charge in [-0.2, -0.15) is 0 Å². The van der Waals surface area contributed by atoms with Crippen molar-refractivity contribution in [3.8, 4) is 5.75 Å². The first-order chi connectivity index (χ1) is 9.49. The van der Waals surface area contributed by atoms with Gasteiger partial charge in [-0.05, 0) is 55.3 Å². The molecule has 21 heavy (non-hydrogen) atoms. The van der Waals surface area contributed by atoms with Gasteiger partial charge in [0.15, 0.2) is 0 Å². The minimum absolute atomic E-state index is 0. The van der Waals surface area contributed by atoms with E-state index in [9.17, 15) is 4.79 Å². The van der Waals surface area contributed by atoms with E-state index in [1.807, 2.05) is 26.0 Å². The molecule has 0 aliphatic heterocycles. The molecule has 0 atom stereocenters. The summed E-state index contributed by atoms with van der Waals surface area (Å²) in [6, 6.07) is 12.1. The maximum Gasteiger partial charge on any atom is 0.343 e. The Balaban J connectivity index is 0.00000220. The Kier molecular flexibility index (Phi) is 5.50. The van der Waals surface area contributed by atoms with E-state index in [-0.39, 0.29) is 24.2 Å². The number of rotatable bonds is 3. The predicted molar refractivity (Wildman–Crippen MR) is 85.6 cm³/mol. The van der Waals surface area contributed by atoms with Gasteiger partial charge in [-0.15, -0.1) is 12.4 Å².